The van der Waals surface area contributed by atoms with Crippen molar-refractivity contribution in [2.75, 3.05) is 4.90 Å². The molecular weight excluding hydrogens is 711 g/mol. The van der Waals surface area contributed by atoms with Crippen LogP contribution in [0.1, 0.15) is 39.0 Å². The van der Waals surface area contributed by atoms with E-state index in [2.05, 4.69) is 200 Å². The number of anilines is 2. The zero-order valence-electron chi connectivity index (χ0n) is 32.3. The van der Waals surface area contributed by atoms with E-state index in [0.29, 0.717) is 11.2 Å². The van der Waals surface area contributed by atoms with Gasteiger partial charge < -0.3 is 9.32 Å². The summed E-state index contributed by atoms with van der Waals surface area (Å²) in [4.78, 5) is 3.91. The third kappa shape index (κ3) is 6.91. The summed E-state index contributed by atoms with van der Waals surface area (Å²) in [5.41, 5.74) is 14.9. The van der Waals surface area contributed by atoms with E-state index in [1.807, 2.05) is 6.07 Å². The van der Waals surface area contributed by atoms with Crippen molar-refractivity contribution in [3.05, 3.63) is 193 Å². The molecule has 57 heavy (non-hydrogen) atoms. The van der Waals surface area contributed by atoms with Crippen LogP contribution in [0, 0.1) is 5.92 Å². The molecular formula is C54H45NOS. The van der Waals surface area contributed by atoms with Gasteiger partial charge in [0.1, 0.15) is 11.2 Å². The third-order valence-corrected chi connectivity index (χ3v) is 13.3. The monoisotopic (exact) mass is 755 g/mol. The lowest BCUT2D eigenvalue weighted by Crippen LogP contribution is -2.16. The Bertz CT molecular complexity index is 2740. The standard InChI is InChI=1S/C54H45NOS/c1-2-43(35-46-34-42-18-9-12-23-53(42)57-46)55(44-30-28-40(29-31-44)39-26-24-38(25-27-39)37-14-5-3-6-15-37)45-32-33-47(51(36-45)41-16-7-4-8-17-41)49-20-13-21-50-48-19-10-11-22-52(48)56-54(49)50/h3-8,10-11,13-17,19-22,24-36,42,53H,2,9,12,18,23H2,1H3/b43-35+/t42-,53?/m1/s1. The molecule has 278 valence electrons. The first-order valence-corrected chi connectivity index (χ1v) is 21.3. The summed E-state index contributed by atoms with van der Waals surface area (Å²) >= 11 is 2.10. The second kappa shape index (κ2) is 15.5. The highest BCUT2D eigenvalue weighted by Crippen LogP contribution is 2.47. The zero-order valence-corrected chi connectivity index (χ0v) is 33.1. The molecule has 0 N–H and O–H groups in total. The highest BCUT2D eigenvalue weighted by atomic mass is 32.2. The number of benzene rings is 7. The van der Waals surface area contributed by atoms with Crippen LogP contribution in [0.3, 0.4) is 0 Å². The molecule has 0 amide bonds. The van der Waals surface area contributed by atoms with Crippen LogP contribution in [0.2, 0.25) is 0 Å². The summed E-state index contributed by atoms with van der Waals surface area (Å²) in [6, 6.07) is 61.4. The summed E-state index contributed by atoms with van der Waals surface area (Å²) in [5.74, 6) is 0.694. The molecule has 2 heterocycles. The van der Waals surface area contributed by atoms with Crippen LogP contribution in [-0.4, -0.2) is 5.25 Å². The van der Waals surface area contributed by atoms with Crippen LogP contribution in [0.4, 0.5) is 11.4 Å². The average Bonchev–Trinajstić information content (AvgIpc) is 3.88. The lowest BCUT2D eigenvalue weighted by Gasteiger charge is -2.29. The first-order chi connectivity index (χ1) is 28.2. The molecule has 2 aliphatic rings. The van der Waals surface area contributed by atoms with E-state index in [4.69, 9.17) is 4.42 Å². The van der Waals surface area contributed by atoms with E-state index in [9.17, 15) is 0 Å². The summed E-state index contributed by atoms with van der Waals surface area (Å²) < 4.78 is 6.59. The quantitative estimate of drug-likeness (QED) is 0.146. The molecule has 0 spiro atoms. The molecule has 7 aromatic carbocycles. The molecule has 1 saturated carbocycles. The molecule has 1 aliphatic heterocycles. The smallest absolute Gasteiger partial charge is 0.143 e. The van der Waals surface area contributed by atoms with Gasteiger partial charge in [0.05, 0.1) is 0 Å². The molecule has 1 unspecified atom stereocenters. The highest BCUT2D eigenvalue weighted by molar-refractivity contribution is 8.04. The highest BCUT2D eigenvalue weighted by Gasteiger charge is 2.30. The maximum absolute atomic E-state index is 6.59. The van der Waals surface area contributed by atoms with Crippen LogP contribution >= 0.6 is 11.8 Å². The molecule has 3 heteroatoms. The van der Waals surface area contributed by atoms with Gasteiger partial charge in [0.15, 0.2) is 0 Å². The summed E-state index contributed by atoms with van der Waals surface area (Å²) in [5, 5.41) is 3.00. The predicted molar refractivity (Wildman–Crippen MR) is 244 cm³/mol. The van der Waals surface area contributed by atoms with Gasteiger partial charge in [-0.15, -0.1) is 11.8 Å². The van der Waals surface area contributed by atoms with Crippen LogP contribution in [0.5, 0.6) is 0 Å². The number of para-hydroxylation sites is 2. The van der Waals surface area contributed by atoms with Gasteiger partial charge in [0, 0.05) is 43.6 Å². The number of hydrogen-bond donors (Lipinski definition) is 0. The number of fused-ring (bicyclic) bond motifs is 4. The Balaban J connectivity index is 1.09. The summed E-state index contributed by atoms with van der Waals surface area (Å²) in [6.45, 7) is 2.30. The average molecular weight is 756 g/mol. The van der Waals surface area contributed by atoms with Gasteiger partial charge in [0.2, 0.25) is 0 Å². The Kier molecular flexibility index (Phi) is 9.61. The SMILES string of the molecule is CC/C(=C\C1=C[C@H]2CCCCC2S1)N(c1ccc(-c2ccc(-c3ccccc3)cc2)cc1)c1ccc(-c2cccc3c2oc2ccccc23)c(-c2ccccc2)c1. The van der Waals surface area contributed by atoms with Crippen molar-refractivity contribution in [3.63, 3.8) is 0 Å². The topological polar surface area (TPSA) is 16.4 Å². The van der Waals surface area contributed by atoms with Crippen LogP contribution in [0.25, 0.3) is 66.4 Å². The van der Waals surface area contributed by atoms with Gasteiger partial charge in [-0.05, 0) is 101 Å². The molecule has 2 atom stereocenters. The van der Waals surface area contributed by atoms with Crippen molar-refractivity contribution in [1.29, 1.82) is 0 Å². The fourth-order valence-corrected chi connectivity index (χ4v) is 10.4. The van der Waals surface area contributed by atoms with E-state index >= 15 is 0 Å². The number of rotatable bonds is 9. The first kappa shape index (κ1) is 35.4. The molecule has 8 aromatic rings. The fraction of sp³-hybridized carbons (Fsp3) is 0.148. The minimum absolute atomic E-state index is 0.694. The van der Waals surface area contributed by atoms with Crippen LogP contribution in [-0.2, 0) is 0 Å². The number of allylic oxidation sites excluding steroid dienone is 3. The normalized spacial score (nSPS) is 16.8. The minimum atomic E-state index is 0.694. The van der Waals surface area contributed by atoms with Crippen LogP contribution < -0.4 is 4.90 Å². The van der Waals surface area contributed by atoms with E-state index < -0.39 is 0 Å². The largest absolute Gasteiger partial charge is 0.455 e. The van der Waals surface area contributed by atoms with Gasteiger partial charge in [-0.1, -0.05) is 165 Å². The second-order valence-corrected chi connectivity index (χ2v) is 16.7. The molecule has 0 radical (unpaired) electrons. The fourth-order valence-electron chi connectivity index (χ4n) is 8.95. The Morgan fingerprint density at radius 1 is 0.579 bits per heavy atom. The predicted octanol–water partition coefficient (Wildman–Crippen LogP) is 15.9. The molecule has 0 saturated heterocycles. The second-order valence-electron chi connectivity index (χ2n) is 15.4. The molecule has 1 aliphatic carbocycles. The Labute approximate surface area is 340 Å². The molecule has 2 nitrogen and oxygen atoms in total. The van der Waals surface area contributed by atoms with Gasteiger partial charge in [-0.2, -0.15) is 0 Å². The zero-order chi connectivity index (χ0) is 38.1. The van der Waals surface area contributed by atoms with E-state index in [1.54, 1.807) is 0 Å². The lowest BCUT2D eigenvalue weighted by molar-refractivity contribution is 0.437. The van der Waals surface area contributed by atoms with Crippen molar-refractivity contribution in [1.82, 2.24) is 0 Å². The minimum Gasteiger partial charge on any atom is -0.455 e. The van der Waals surface area contributed by atoms with E-state index in [-0.39, 0.29) is 0 Å². The van der Waals surface area contributed by atoms with E-state index in [0.717, 1.165) is 50.9 Å². The van der Waals surface area contributed by atoms with Gasteiger partial charge in [-0.3, -0.25) is 0 Å². The molecule has 1 aromatic heterocycles. The first-order valence-electron chi connectivity index (χ1n) is 20.5. The molecule has 10 rings (SSSR count). The number of thioether (sulfide) groups is 1. The summed E-state index contributed by atoms with van der Waals surface area (Å²) in [6.07, 6.45) is 11.3. The number of nitrogens with zero attached hydrogens (tertiary/aromatic N) is 1. The van der Waals surface area contributed by atoms with Crippen molar-refractivity contribution in [2.24, 2.45) is 5.92 Å². The Morgan fingerprint density at radius 3 is 1.91 bits per heavy atom. The lowest BCUT2D eigenvalue weighted by atomic mass is 9.89. The van der Waals surface area contributed by atoms with Gasteiger partial charge in [-0.25, -0.2) is 0 Å². The number of hydrogen-bond acceptors (Lipinski definition) is 3. The van der Waals surface area contributed by atoms with Crippen molar-refractivity contribution in [3.8, 4) is 44.5 Å². The number of furan rings is 1. The Hall–Kier alpha value is -6.03. The Morgan fingerprint density at radius 2 is 1.19 bits per heavy atom. The third-order valence-electron chi connectivity index (χ3n) is 11.9. The maximum Gasteiger partial charge on any atom is 0.143 e. The molecule has 1 fully saturated rings. The van der Waals surface area contributed by atoms with Crippen LogP contribution in [0.15, 0.2) is 197 Å². The van der Waals surface area contributed by atoms with Gasteiger partial charge in [0.25, 0.3) is 0 Å². The van der Waals surface area contributed by atoms with Crippen molar-refractivity contribution < 1.29 is 4.42 Å². The maximum atomic E-state index is 6.59. The van der Waals surface area contributed by atoms with Gasteiger partial charge >= 0.3 is 0 Å². The summed E-state index contributed by atoms with van der Waals surface area (Å²) in [7, 11) is 0. The van der Waals surface area contributed by atoms with Crippen molar-refractivity contribution >= 4 is 45.1 Å². The van der Waals surface area contributed by atoms with Crippen molar-refractivity contribution in [2.45, 2.75) is 44.3 Å². The van der Waals surface area contributed by atoms with E-state index in [1.165, 1.54) is 69.7 Å². The molecule has 0 bridgehead atoms.